The number of amides is 1. The smallest absolute Gasteiger partial charge is 0.248 e. The number of carbonyl (C=O) groups is 1. The standard InChI is InChI=1S/C19H24FN3O4S/c1-13-19(14(2)27-22-13)28(25,26)23-9-7-15(8-10-23)11-18(24)21-12-16-5-3-4-6-17(16)20/h3-6,15H,7-12H2,1-2H3,(H,21,24). The Labute approximate surface area is 163 Å². The third kappa shape index (κ3) is 4.41. The molecule has 1 fully saturated rings. The van der Waals surface area contributed by atoms with Crippen LogP contribution in [0.5, 0.6) is 0 Å². The van der Waals surface area contributed by atoms with Crippen molar-refractivity contribution < 1.29 is 22.1 Å². The Bertz CT molecular complexity index is 930. The van der Waals surface area contributed by atoms with Crippen LogP contribution >= 0.6 is 0 Å². The number of nitrogens with one attached hydrogen (secondary N) is 1. The molecule has 2 heterocycles. The summed E-state index contributed by atoms with van der Waals surface area (Å²) in [7, 11) is -3.65. The van der Waals surface area contributed by atoms with E-state index in [9.17, 15) is 17.6 Å². The van der Waals surface area contributed by atoms with Crippen LogP contribution < -0.4 is 5.32 Å². The van der Waals surface area contributed by atoms with Crippen molar-refractivity contribution >= 4 is 15.9 Å². The van der Waals surface area contributed by atoms with Crippen molar-refractivity contribution in [3.63, 3.8) is 0 Å². The average Bonchev–Trinajstić information content (AvgIpc) is 3.00. The Kier molecular flexibility index (Phi) is 6.14. The van der Waals surface area contributed by atoms with Crippen LogP contribution in [0.4, 0.5) is 4.39 Å². The van der Waals surface area contributed by atoms with E-state index in [1.807, 2.05) is 0 Å². The Hall–Kier alpha value is -2.26. The largest absolute Gasteiger partial charge is 0.360 e. The fraction of sp³-hybridized carbons (Fsp3) is 0.474. The van der Waals surface area contributed by atoms with E-state index >= 15 is 0 Å². The monoisotopic (exact) mass is 409 g/mol. The first-order chi connectivity index (χ1) is 13.3. The van der Waals surface area contributed by atoms with Crippen LogP contribution in [0.1, 0.15) is 36.3 Å². The lowest BCUT2D eigenvalue weighted by atomic mass is 9.94. The molecular formula is C19H24FN3O4S. The summed E-state index contributed by atoms with van der Waals surface area (Å²) in [6, 6.07) is 6.31. The van der Waals surface area contributed by atoms with Crippen molar-refractivity contribution in [1.82, 2.24) is 14.8 Å². The van der Waals surface area contributed by atoms with Gasteiger partial charge in [0.05, 0.1) is 0 Å². The van der Waals surface area contributed by atoms with Gasteiger partial charge in [-0.25, -0.2) is 12.8 Å². The molecule has 7 nitrogen and oxygen atoms in total. The molecule has 1 aliphatic rings. The average molecular weight is 409 g/mol. The third-order valence-electron chi connectivity index (χ3n) is 5.05. The number of hydrogen-bond donors (Lipinski definition) is 1. The maximum absolute atomic E-state index is 13.6. The Morgan fingerprint density at radius 1 is 1.29 bits per heavy atom. The molecule has 1 aliphatic heterocycles. The van der Waals surface area contributed by atoms with Crippen LogP contribution in [0.3, 0.4) is 0 Å². The summed E-state index contributed by atoms with van der Waals surface area (Å²) in [4.78, 5) is 12.3. The lowest BCUT2D eigenvalue weighted by Crippen LogP contribution is -2.40. The molecule has 152 valence electrons. The van der Waals surface area contributed by atoms with Gasteiger partial charge in [0, 0.05) is 31.6 Å². The molecule has 2 aromatic rings. The van der Waals surface area contributed by atoms with Crippen LogP contribution in [0.15, 0.2) is 33.7 Å². The molecule has 0 unspecified atom stereocenters. The predicted octanol–water partition coefficient (Wildman–Crippen LogP) is 2.54. The van der Waals surface area contributed by atoms with Crippen LogP contribution in [-0.2, 0) is 21.4 Å². The van der Waals surface area contributed by atoms with E-state index < -0.39 is 10.0 Å². The van der Waals surface area contributed by atoms with Crippen molar-refractivity contribution in [3.05, 3.63) is 47.1 Å². The molecule has 1 amide bonds. The fourth-order valence-corrected chi connectivity index (χ4v) is 5.26. The summed E-state index contributed by atoms with van der Waals surface area (Å²) in [5.74, 6) is -0.125. The molecule has 0 radical (unpaired) electrons. The lowest BCUT2D eigenvalue weighted by molar-refractivity contribution is -0.122. The van der Waals surface area contributed by atoms with Gasteiger partial charge in [-0.2, -0.15) is 4.31 Å². The maximum Gasteiger partial charge on any atom is 0.248 e. The van der Waals surface area contributed by atoms with E-state index in [-0.39, 0.29) is 34.8 Å². The van der Waals surface area contributed by atoms with Gasteiger partial charge in [0.2, 0.25) is 15.9 Å². The Morgan fingerprint density at radius 2 is 1.96 bits per heavy atom. The Morgan fingerprint density at radius 3 is 2.57 bits per heavy atom. The van der Waals surface area contributed by atoms with Gasteiger partial charge in [0.15, 0.2) is 5.76 Å². The minimum absolute atomic E-state index is 0.0942. The summed E-state index contributed by atoms with van der Waals surface area (Å²) in [6.07, 6.45) is 1.49. The third-order valence-corrected chi connectivity index (χ3v) is 7.19. The minimum atomic E-state index is -3.65. The summed E-state index contributed by atoms with van der Waals surface area (Å²) in [5, 5.41) is 6.46. The number of carbonyl (C=O) groups excluding carboxylic acids is 1. The normalized spacial score (nSPS) is 16.2. The van der Waals surface area contributed by atoms with Gasteiger partial charge in [0.25, 0.3) is 0 Å². The zero-order valence-corrected chi connectivity index (χ0v) is 16.8. The number of rotatable bonds is 6. The van der Waals surface area contributed by atoms with Crippen molar-refractivity contribution in [2.75, 3.05) is 13.1 Å². The Balaban J connectivity index is 1.51. The maximum atomic E-state index is 13.6. The van der Waals surface area contributed by atoms with Gasteiger partial charge >= 0.3 is 0 Å². The van der Waals surface area contributed by atoms with Gasteiger partial charge in [-0.1, -0.05) is 23.4 Å². The van der Waals surface area contributed by atoms with E-state index in [4.69, 9.17) is 4.52 Å². The second-order valence-electron chi connectivity index (χ2n) is 7.07. The number of halogens is 1. The van der Waals surface area contributed by atoms with Gasteiger partial charge < -0.3 is 9.84 Å². The molecule has 0 bridgehead atoms. The van der Waals surface area contributed by atoms with Crippen LogP contribution in [-0.4, -0.2) is 36.9 Å². The molecule has 28 heavy (non-hydrogen) atoms. The topological polar surface area (TPSA) is 92.5 Å². The highest BCUT2D eigenvalue weighted by Gasteiger charge is 2.34. The molecule has 0 atom stereocenters. The number of nitrogens with zero attached hydrogens (tertiary/aromatic N) is 2. The van der Waals surface area contributed by atoms with Crippen molar-refractivity contribution in [3.8, 4) is 0 Å². The number of piperidine rings is 1. The molecule has 9 heteroatoms. The molecule has 1 aromatic heterocycles. The summed E-state index contributed by atoms with van der Waals surface area (Å²) in [6.45, 7) is 4.02. The number of sulfonamides is 1. The second kappa shape index (κ2) is 8.40. The van der Waals surface area contributed by atoms with Gasteiger partial charge in [-0.3, -0.25) is 4.79 Å². The van der Waals surface area contributed by atoms with Gasteiger partial charge in [-0.05, 0) is 38.7 Å². The highest BCUT2D eigenvalue weighted by molar-refractivity contribution is 7.89. The van der Waals surface area contributed by atoms with E-state index in [1.54, 1.807) is 32.0 Å². The van der Waals surface area contributed by atoms with E-state index in [0.717, 1.165) is 0 Å². The second-order valence-corrected chi connectivity index (χ2v) is 8.95. The number of aromatic nitrogens is 1. The van der Waals surface area contributed by atoms with Crippen molar-refractivity contribution in [2.45, 2.75) is 44.6 Å². The molecule has 1 saturated heterocycles. The SMILES string of the molecule is Cc1noc(C)c1S(=O)(=O)N1CCC(CC(=O)NCc2ccccc2F)CC1. The summed E-state index contributed by atoms with van der Waals surface area (Å²) >= 11 is 0. The number of hydrogen-bond acceptors (Lipinski definition) is 5. The quantitative estimate of drug-likeness (QED) is 0.792. The highest BCUT2D eigenvalue weighted by atomic mass is 32.2. The van der Waals surface area contributed by atoms with E-state index in [1.165, 1.54) is 10.4 Å². The number of benzene rings is 1. The predicted molar refractivity (Wildman–Crippen MR) is 100 cm³/mol. The molecule has 1 N–H and O–H groups in total. The first-order valence-corrected chi connectivity index (χ1v) is 10.7. The highest BCUT2D eigenvalue weighted by Crippen LogP contribution is 2.28. The van der Waals surface area contributed by atoms with E-state index in [2.05, 4.69) is 10.5 Å². The van der Waals surface area contributed by atoms with Crippen LogP contribution in [0.25, 0.3) is 0 Å². The minimum Gasteiger partial charge on any atom is -0.360 e. The lowest BCUT2D eigenvalue weighted by Gasteiger charge is -2.30. The van der Waals surface area contributed by atoms with Crippen molar-refractivity contribution in [1.29, 1.82) is 0 Å². The fourth-order valence-electron chi connectivity index (χ4n) is 3.50. The van der Waals surface area contributed by atoms with Crippen LogP contribution in [0, 0.1) is 25.6 Å². The molecule has 0 spiro atoms. The molecule has 3 rings (SSSR count). The molecule has 0 saturated carbocycles. The molecular weight excluding hydrogens is 385 g/mol. The number of aryl methyl sites for hydroxylation is 2. The van der Waals surface area contributed by atoms with Gasteiger partial charge in [0.1, 0.15) is 16.4 Å². The summed E-state index contributed by atoms with van der Waals surface area (Å²) in [5.41, 5.74) is 0.795. The van der Waals surface area contributed by atoms with Gasteiger partial charge in [-0.15, -0.1) is 0 Å². The zero-order valence-electron chi connectivity index (χ0n) is 15.9. The zero-order chi connectivity index (χ0) is 20.3. The first kappa shape index (κ1) is 20.5. The summed E-state index contributed by atoms with van der Waals surface area (Å²) < 4.78 is 45.7. The van der Waals surface area contributed by atoms with E-state index in [0.29, 0.717) is 43.6 Å². The molecule has 0 aliphatic carbocycles. The van der Waals surface area contributed by atoms with Crippen molar-refractivity contribution in [2.24, 2.45) is 5.92 Å². The molecule has 1 aromatic carbocycles. The first-order valence-electron chi connectivity index (χ1n) is 9.22. The van der Waals surface area contributed by atoms with Crippen LogP contribution in [0.2, 0.25) is 0 Å².